The number of aromatic hydroxyl groups is 1. The highest BCUT2D eigenvalue weighted by Gasteiger charge is 2.07. The van der Waals surface area contributed by atoms with E-state index in [1.165, 1.54) is 0 Å². The van der Waals surface area contributed by atoms with Crippen LogP contribution >= 0.6 is 22.9 Å². The van der Waals surface area contributed by atoms with Crippen LogP contribution in [0.15, 0.2) is 17.5 Å². The molecule has 74 valence electrons. The Morgan fingerprint density at radius 3 is 2.71 bits per heavy atom. The SMILES string of the molecule is OCc1csc2cc(CCl)c(O)cc12. The van der Waals surface area contributed by atoms with E-state index in [0.29, 0.717) is 5.88 Å². The molecule has 0 aliphatic carbocycles. The molecule has 2 aromatic rings. The first-order chi connectivity index (χ1) is 6.76. The molecule has 0 bridgehead atoms. The van der Waals surface area contributed by atoms with Crippen molar-refractivity contribution in [3.63, 3.8) is 0 Å². The smallest absolute Gasteiger partial charge is 0.120 e. The Bertz CT molecular complexity index is 464. The third-order valence-electron chi connectivity index (χ3n) is 2.17. The monoisotopic (exact) mass is 228 g/mol. The summed E-state index contributed by atoms with van der Waals surface area (Å²) < 4.78 is 1.04. The summed E-state index contributed by atoms with van der Waals surface area (Å²) in [6.07, 6.45) is 0. The number of benzene rings is 1. The van der Waals surface area contributed by atoms with Crippen LogP contribution < -0.4 is 0 Å². The highest BCUT2D eigenvalue weighted by Crippen LogP contribution is 2.32. The van der Waals surface area contributed by atoms with E-state index in [2.05, 4.69) is 0 Å². The van der Waals surface area contributed by atoms with Gasteiger partial charge in [-0.3, -0.25) is 0 Å². The Labute approximate surface area is 90.4 Å². The lowest BCUT2D eigenvalue weighted by atomic mass is 10.1. The molecule has 14 heavy (non-hydrogen) atoms. The van der Waals surface area contributed by atoms with Gasteiger partial charge in [0.05, 0.1) is 12.5 Å². The summed E-state index contributed by atoms with van der Waals surface area (Å²) in [5, 5.41) is 21.4. The Morgan fingerprint density at radius 1 is 1.29 bits per heavy atom. The van der Waals surface area contributed by atoms with Gasteiger partial charge in [0.2, 0.25) is 0 Å². The molecule has 0 spiro atoms. The second-order valence-electron chi connectivity index (χ2n) is 3.03. The molecule has 0 aliphatic heterocycles. The molecule has 0 unspecified atom stereocenters. The van der Waals surface area contributed by atoms with Crippen molar-refractivity contribution in [2.24, 2.45) is 0 Å². The first-order valence-corrected chi connectivity index (χ1v) is 5.56. The number of phenols is 1. The molecule has 0 atom stereocenters. The predicted octanol–water partition coefficient (Wildman–Crippen LogP) is 2.84. The maximum absolute atomic E-state index is 9.59. The zero-order valence-corrected chi connectivity index (χ0v) is 8.90. The summed E-state index contributed by atoms with van der Waals surface area (Å²) in [7, 11) is 0. The molecule has 2 N–H and O–H groups in total. The average molecular weight is 229 g/mol. The second-order valence-corrected chi connectivity index (χ2v) is 4.21. The first kappa shape index (κ1) is 9.77. The number of aliphatic hydroxyl groups excluding tert-OH is 1. The molecule has 0 fully saturated rings. The molecule has 0 amide bonds. The van der Waals surface area contributed by atoms with Crippen LogP contribution in [0.25, 0.3) is 10.1 Å². The Hall–Kier alpha value is -0.770. The summed E-state index contributed by atoms with van der Waals surface area (Å²) in [5.41, 5.74) is 1.58. The van der Waals surface area contributed by atoms with Gasteiger partial charge in [0.1, 0.15) is 5.75 Å². The van der Waals surface area contributed by atoms with E-state index in [4.69, 9.17) is 16.7 Å². The topological polar surface area (TPSA) is 40.5 Å². The van der Waals surface area contributed by atoms with Crippen molar-refractivity contribution >= 4 is 33.0 Å². The van der Waals surface area contributed by atoms with Gasteiger partial charge in [-0.2, -0.15) is 0 Å². The Balaban J connectivity index is 2.69. The van der Waals surface area contributed by atoms with Gasteiger partial charge in [0.25, 0.3) is 0 Å². The molecule has 1 heterocycles. The van der Waals surface area contributed by atoms with Crippen molar-refractivity contribution in [1.82, 2.24) is 0 Å². The minimum Gasteiger partial charge on any atom is -0.508 e. The molecular weight excluding hydrogens is 220 g/mol. The summed E-state index contributed by atoms with van der Waals surface area (Å²) in [4.78, 5) is 0. The molecule has 2 nitrogen and oxygen atoms in total. The predicted molar refractivity (Wildman–Crippen MR) is 59.0 cm³/mol. The summed E-state index contributed by atoms with van der Waals surface area (Å²) in [6.45, 7) is -0.000336. The van der Waals surface area contributed by atoms with Crippen LogP contribution in [0.5, 0.6) is 5.75 Å². The number of rotatable bonds is 2. The zero-order chi connectivity index (χ0) is 10.1. The van der Waals surface area contributed by atoms with Gasteiger partial charge < -0.3 is 10.2 Å². The fraction of sp³-hybridized carbons (Fsp3) is 0.200. The van der Waals surface area contributed by atoms with E-state index in [1.54, 1.807) is 17.4 Å². The molecular formula is C10H9ClO2S. The summed E-state index contributed by atoms with van der Waals surface area (Å²) in [6, 6.07) is 3.52. The van der Waals surface area contributed by atoms with Gasteiger partial charge in [0.15, 0.2) is 0 Å². The third kappa shape index (κ3) is 1.47. The van der Waals surface area contributed by atoms with Gasteiger partial charge in [-0.25, -0.2) is 0 Å². The molecule has 1 aromatic carbocycles. The maximum Gasteiger partial charge on any atom is 0.120 e. The van der Waals surface area contributed by atoms with Crippen molar-refractivity contribution in [2.45, 2.75) is 12.5 Å². The van der Waals surface area contributed by atoms with Gasteiger partial charge in [-0.15, -0.1) is 22.9 Å². The number of thiophene rings is 1. The Kier molecular flexibility index (Phi) is 2.63. The van der Waals surface area contributed by atoms with Crippen molar-refractivity contribution in [3.05, 3.63) is 28.6 Å². The van der Waals surface area contributed by atoms with Crippen LogP contribution in [0.2, 0.25) is 0 Å². The van der Waals surface area contributed by atoms with Crippen LogP contribution in [-0.4, -0.2) is 10.2 Å². The minimum atomic E-state index is -0.000336. The standard InChI is InChI=1S/C10H9ClO2S/c11-3-6-1-10-8(2-9(6)13)7(4-12)5-14-10/h1-2,5,12-13H,3-4H2. The molecule has 4 heteroatoms. The van der Waals surface area contributed by atoms with E-state index in [9.17, 15) is 5.11 Å². The number of fused-ring (bicyclic) bond motifs is 1. The lowest BCUT2D eigenvalue weighted by Crippen LogP contribution is -1.82. The second kappa shape index (κ2) is 3.77. The van der Waals surface area contributed by atoms with Gasteiger partial charge >= 0.3 is 0 Å². The fourth-order valence-corrected chi connectivity index (χ4v) is 2.60. The highest BCUT2D eigenvalue weighted by molar-refractivity contribution is 7.17. The van der Waals surface area contributed by atoms with Crippen LogP contribution in [0, 0.1) is 0 Å². The molecule has 0 saturated carbocycles. The number of hydrogen-bond acceptors (Lipinski definition) is 3. The van der Waals surface area contributed by atoms with E-state index in [-0.39, 0.29) is 12.4 Å². The third-order valence-corrected chi connectivity index (χ3v) is 3.45. The largest absolute Gasteiger partial charge is 0.508 e. The van der Waals surface area contributed by atoms with Crippen molar-refractivity contribution in [1.29, 1.82) is 0 Å². The maximum atomic E-state index is 9.59. The molecule has 0 saturated heterocycles. The number of alkyl halides is 1. The van der Waals surface area contributed by atoms with Crippen LogP contribution in [0.3, 0.4) is 0 Å². The van der Waals surface area contributed by atoms with E-state index >= 15 is 0 Å². The molecule has 2 rings (SSSR count). The van der Waals surface area contributed by atoms with Crippen molar-refractivity contribution in [3.8, 4) is 5.75 Å². The number of hydrogen-bond donors (Lipinski definition) is 2. The summed E-state index contributed by atoms with van der Waals surface area (Å²) >= 11 is 7.22. The zero-order valence-electron chi connectivity index (χ0n) is 7.33. The first-order valence-electron chi connectivity index (χ1n) is 4.15. The van der Waals surface area contributed by atoms with Gasteiger partial charge in [0, 0.05) is 15.6 Å². The lowest BCUT2D eigenvalue weighted by molar-refractivity contribution is 0.284. The highest BCUT2D eigenvalue weighted by atomic mass is 35.5. The average Bonchev–Trinajstić information content (AvgIpc) is 2.58. The van der Waals surface area contributed by atoms with E-state index in [0.717, 1.165) is 21.2 Å². The van der Waals surface area contributed by atoms with Crippen molar-refractivity contribution in [2.75, 3.05) is 0 Å². The quantitative estimate of drug-likeness (QED) is 0.776. The normalized spacial score (nSPS) is 11.0. The van der Waals surface area contributed by atoms with Crippen LogP contribution in [0.4, 0.5) is 0 Å². The van der Waals surface area contributed by atoms with E-state index < -0.39 is 0 Å². The molecule has 0 radical (unpaired) electrons. The van der Waals surface area contributed by atoms with Gasteiger partial charge in [-0.1, -0.05) is 0 Å². The van der Waals surface area contributed by atoms with Crippen LogP contribution in [0.1, 0.15) is 11.1 Å². The Morgan fingerprint density at radius 2 is 2.07 bits per heavy atom. The fourth-order valence-electron chi connectivity index (χ4n) is 1.39. The molecule has 1 aromatic heterocycles. The van der Waals surface area contributed by atoms with Gasteiger partial charge in [-0.05, 0) is 23.1 Å². The lowest BCUT2D eigenvalue weighted by Gasteiger charge is -2.01. The number of phenolic OH excluding ortho intramolecular Hbond substituents is 1. The number of aliphatic hydroxyl groups is 1. The molecule has 0 aliphatic rings. The van der Waals surface area contributed by atoms with Crippen LogP contribution in [-0.2, 0) is 12.5 Å². The minimum absolute atomic E-state index is 0.000336. The number of halogens is 1. The van der Waals surface area contributed by atoms with E-state index in [1.807, 2.05) is 11.4 Å². The summed E-state index contributed by atoms with van der Waals surface area (Å²) in [5.74, 6) is 0.495. The van der Waals surface area contributed by atoms with Crippen molar-refractivity contribution < 1.29 is 10.2 Å².